The summed E-state index contributed by atoms with van der Waals surface area (Å²) in [6.45, 7) is 4.14. The van der Waals surface area contributed by atoms with Crippen molar-refractivity contribution in [1.29, 1.82) is 0 Å². The van der Waals surface area contributed by atoms with Crippen molar-refractivity contribution in [1.82, 2.24) is 10.3 Å². The van der Waals surface area contributed by atoms with Gasteiger partial charge < -0.3 is 20.5 Å². The molecule has 0 aliphatic heterocycles. The maximum atomic E-state index is 12.9. The molecule has 3 aromatic rings. The van der Waals surface area contributed by atoms with E-state index in [9.17, 15) is 9.59 Å². The van der Waals surface area contributed by atoms with E-state index in [0.29, 0.717) is 22.1 Å². The lowest BCUT2D eigenvalue weighted by atomic mass is 10.2. The maximum Gasteiger partial charge on any atom is 0.255 e. The summed E-state index contributed by atoms with van der Waals surface area (Å²) in [5.41, 5.74) is 8.76. The fourth-order valence-corrected chi connectivity index (χ4v) is 3.98. The average molecular weight is 452 g/mol. The summed E-state index contributed by atoms with van der Waals surface area (Å²) in [5, 5.41) is 3.57. The zero-order valence-corrected chi connectivity index (χ0v) is 19.0. The molecule has 32 heavy (non-hydrogen) atoms. The second-order valence-electron chi connectivity index (χ2n) is 7.15. The summed E-state index contributed by atoms with van der Waals surface area (Å²) in [6, 6.07) is 14.9. The number of aryl methyl sites for hydroxylation is 2. The smallest absolute Gasteiger partial charge is 0.255 e. The van der Waals surface area contributed by atoms with Gasteiger partial charge in [-0.15, -0.1) is 0 Å². The third kappa shape index (κ3) is 6.01. The van der Waals surface area contributed by atoms with Crippen molar-refractivity contribution in [3.8, 4) is 11.5 Å². The molecule has 166 valence electrons. The molecule has 8 heteroatoms. The first-order chi connectivity index (χ1) is 15.4. The number of pyridine rings is 1. The maximum absolute atomic E-state index is 12.9. The lowest BCUT2D eigenvalue weighted by molar-refractivity contribution is -0.119. The van der Waals surface area contributed by atoms with E-state index in [1.54, 1.807) is 36.5 Å². The molecule has 1 aromatic heterocycles. The number of hydrogen-bond donors (Lipinski definition) is 2. The van der Waals surface area contributed by atoms with Gasteiger partial charge in [-0.05, 0) is 55.3 Å². The highest BCUT2D eigenvalue weighted by Crippen LogP contribution is 2.32. The number of carbonyl (C=O) groups excluding carboxylic acids is 2. The van der Waals surface area contributed by atoms with E-state index in [-0.39, 0.29) is 19.1 Å². The van der Waals surface area contributed by atoms with Crippen LogP contribution in [0.15, 0.2) is 64.6 Å². The highest BCUT2D eigenvalue weighted by molar-refractivity contribution is 7.99. The van der Waals surface area contributed by atoms with Crippen LogP contribution in [0.5, 0.6) is 11.5 Å². The van der Waals surface area contributed by atoms with Crippen LogP contribution in [-0.2, 0) is 11.3 Å². The minimum Gasteiger partial charge on any atom is -0.493 e. The molecule has 0 aliphatic carbocycles. The van der Waals surface area contributed by atoms with Crippen LogP contribution in [0.25, 0.3) is 0 Å². The Morgan fingerprint density at radius 1 is 1.09 bits per heavy atom. The molecule has 0 unspecified atom stereocenters. The van der Waals surface area contributed by atoms with E-state index in [2.05, 4.69) is 16.4 Å². The fourth-order valence-electron chi connectivity index (χ4n) is 3.03. The number of ether oxygens (including phenoxy) is 2. The second kappa shape index (κ2) is 10.7. The summed E-state index contributed by atoms with van der Waals surface area (Å²) in [7, 11) is 1.50. The summed E-state index contributed by atoms with van der Waals surface area (Å²) in [5.74, 6) is 0.0546. The largest absolute Gasteiger partial charge is 0.493 e. The number of methoxy groups -OCH3 is 1. The standard InChI is InChI=1S/C24H25N3O4S/c1-15-6-9-21(16(2)11-15)32-24-18(5-4-10-26-24)23(29)27-13-17-7-8-19(20(12-17)30-3)31-14-22(25)28/h4-12H,13-14H2,1-3H3,(H2,25,28)(H,27,29). The molecule has 0 fully saturated rings. The van der Waals surface area contributed by atoms with Crippen LogP contribution in [0.4, 0.5) is 0 Å². The number of benzene rings is 2. The minimum absolute atomic E-state index is 0.224. The fraction of sp³-hybridized carbons (Fsp3) is 0.208. The number of primary amides is 1. The Morgan fingerprint density at radius 2 is 1.91 bits per heavy atom. The third-order valence-corrected chi connectivity index (χ3v) is 5.80. The van der Waals surface area contributed by atoms with Crippen molar-refractivity contribution < 1.29 is 19.1 Å². The molecule has 3 N–H and O–H groups in total. The molecule has 3 rings (SSSR count). The first kappa shape index (κ1) is 23.1. The number of nitrogens with one attached hydrogen (secondary N) is 1. The molecule has 0 atom stereocenters. The Balaban J connectivity index is 1.71. The summed E-state index contributed by atoms with van der Waals surface area (Å²) < 4.78 is 10.6. The van der Waals surface area contributed by atoms with E-state index >= 15 is 0 Å². The van der Waals surface area contributed by atoms with Gasteiger partial charge in [0.25, 0.3) is 11.8 Å². The van der Waals surface area contributed by atoms with E-state index in [0.717, 1.165) is 16.0 Å². The predicted molar refractivity (Wildman–Crippen MR) is 123 cm³/mol. The quantitative estimate of drug-likeness (QED) is 0.515. The summed E-state index contributed by atoms with van der Waals surface area (Å²) in [4.78, 5) is 29.3. The van der Waals surface area contributed by atoms with Gasteiger partial charge >= 0.3 is 0 Å². The highest BCUT2D eigenvalue weighted by atomic mass is 32.2. The number of rotatable bonds is 9. The van der Waals surface area contributed by atoms with Crippen LogP contribution in [0.2, 0.25) is 0 Å². The van der Waals surface area contributed by atoms with Gasteiger partial charge in [-0.25, -0.2) is 4.98 Å². The molecule has 0 saturated heterocycles. The molecular weight excluding hydrogens is 426 g/mol. The molecule has 1 heterocycles. The molecule has 2 aromatic carbocycles. The van der Waals surface area contributed by atoms with Crippen molar-refractivity contribution in [3.63, 3.8) is 0 Å². The van der Waals surface area contributed by atoms with Gasteiger partial charge in [0.15, 0.2) is 18.1 Å². The number of amides is 2. The molecule has 0 aliphatic rings. The van der Waals surface area contributed by atoms with Gasteiger partial charge in [0, 0.05) is 17.6 Å². The monoisotopic (exact) mass is 451 g/mol. The van der Waals surface area contributed by atoms with Gasteiger partial charge in [0.1, 0.15) is 5.03 Å². The van der Waals surface area contributed by atoms with Gasteiger partial charge in [0.05, 0.1) is 12.7 Å². The third-order valence-electron chi connectivity index (χ3n) is 4.60. The Kier molecular flexibility index (Phi) is 7.72. The van der Waals surface area contributed by atoms with E-state index in [1.807, 2.05) is 26.0 Å². The molecule has 0 radical (unpaired) electrons. The van der Waals surface area contributed by atoms with Crippen molar-refractivity contribution in [2.75, 3.05) is 13.7 Å². The number of carbonyl (C=O) groups is 2. The first-order valence-electron chi connectivity index (χ1n) is 9.93. The zero-order chi connectivity index (χ0) is 23.1. The Morgan fingerprint density at radius 3 is 2.62 bits per heavy atom. The molecule has 2 amide bonds. The van der Waals surface area contributed by atoms with Crippen LogP contribution in [0, 0.1) is 13.8 Å². The SMILES string of the molecule is COc1cc(CNC(=O)c2cccnc2Sc2ccc(C)cc2C)ccc1OCC(N)=O. The van der Waals surface area contributed by atoms with Crippen molar-refractivity contribution in [2.24, 2.45) is 5.73 Å². The average Bonchev–Trinajstić information content (AvgIpc) is 2.78. The van der Waals surface area contributed by atoms with Gasteiger partial charge in [0.2, 0.25) is 0 Å². The molecular formula is C24H25N3O4S. The number of nitrogens with zero attached hydrogens (tertiary/aromatic N) is 1. The lowest BCUT2D eigenvalue weighted by Gasteiger charge is -2.13. The van der Waals surface area contributed by atoms with Crippen LogP contribution in [-0.4, -0.2) is 30.5 Å². The van der Waals surface area contributed by atoms with Crippen LogP contribution >= 0.6 is 11.8 Å². The zero-order valence-electron chi connectivity index (χ0n) is 18.2. The number of aromatic nitrogens is 1. The van der Waals surface area contributed by atoms with E-state index < -0.39 is 5.91 Å². The Labute approximate surface area is 191 Å². The van der Waals surface area contributed by atoms with Gasteiger partial charge in [-0.1, -0.05) is 35.5 Å². The topological polar surface area (TPSA) is 104 Å². The van der Waals surface area contributed by atoms with Crippen LogP contribution in [0.3, 0.4) is 0 Å². The summed E-state index contributed by atoms with van der Waals surface area (Å²) >= 11 is 1.47. The Bertz CT molecular complexity index is 1130. The van der Waals surface area contributed by atoms with Crippen molar-refractivity contribution in [3.05, 3.63) is 77.0 Å². The van der Waals surface area contributed by atoms with E-state index in [4.69, 9.17) is 15.2 Å². The molecule has 7 nitrogen and oxygen atoms in total. The van der Waals surface area contributed by atoms with E-state index in [1.165, 1.54) is 24.4 Å². The summed E-state index contributed by atoms with van der Waals surface area (Å²) in [6.07, 6.45) is 1.68. The van der Waals surface area contributed by atoms with Crippen molar-refractivity contribution >= 4 is 23.6 Å². The second-order valence-corrected chi connectivity index (χ2v) is 8.18. The first-order valence-corrected chi connectivity index (χ1v) is 10.8. The molecule has 0 bridgehead atoms. The van der Waals surface area contributed by atoms with Gasteiger partial charge in [-0.2, -0.15) is 0 Å². The number of nitrogens with two attached hydrogens (primary N) is 1. The van der Waals surface area contributed by atoms with Gasteiger partial charge in [-0.3, -0.25) is 9.59 Å². The molecule has 0 spiro atoms. The van der Waals surface area contributed by atoms with Crippen LogP contribution < -0.4 is 20.5 Å². The highest BCUT2D eigenvalue weighted by Gasteiger charge is 2.15. The minimum atomic E-state index is -0.575. The van der Waals surface area contributed by atoms with Crippen molar-refractivity contribution in [2.45, 2.75) is 30.3 Å². The lowest BCUT2D eigenvalue weighted by Crippen LogP contribution is -2.23. The Hall–Kier alpha value is -3.52. The van der Waals surface area contributed by atoms with Crippen LogP contribution in [0.1, 0.15) is 27.0 Å². The predicted octanol–water partition coefficient (Wildman–Crippen LogP) is 3.65. The number of hydrogen-bond acceptors (Lipinski definition) is 6. The molecule has 0 saturated carbocycles. The normalized spacial score (nSPS) is 10.5.